The first-order chi connectivity index (χ1) is 15.7. The molecule has 2 aromatic carbocycles. The number of hydrogen-bond donors (Lipinski definition) is 1. The largest absolute Gasteiger partial charge is 0.424 e. The van der Waals surface area contributed by atoms with Gasteiger partial charge in [-0.05, 0) is 62.8 Å². The summed E-state index contributed by atoms with van der Waals surface area (Å²) in [6, 6.07) is 8.21. The summed E-state index contributed by atoms with van der Waals surface area (Å²) >= 11 is 6.39. The normalized spacial score (nSPS) is 14.6. The van der Waals surface area contributed by atoms with Gasteiger partial charge in [0.1, 0.15) is 11.6 Å². The van der Waals surface area contributed by atoms with Crippen LogP contribution in [0.1, 0.15) is 42.9 Å². The van der Waals surface area contributed by atoms with Gasteiger partial charge in [0.15, 0.2) is 5.75 Å². The predicted octanol–water partition coefficient (Wildman–Crippen LogP) is 4.30. The number of halogens is 1. The van der Waals surface area contributed by atoms with Crippen molar-refractivity contribution in [3.8, 4) is 5.75 Å². The lowest BCUT2D eigenvalue weighted by molar-refractivity contribution is -0.136. The molecule has 3 aromatic rings. The number of hydrogen-bond acceptors (Lipinski definition) is 6. The second-order valence-corrected chi connectivity index (χ2v) is 10.3. The summed E-state index contributed by atoms with van der Waals surface area (Å²) in [6.07, 6.45) is 3.49. The van der Waals surface area contributed by atoms with E-state index in [1.807, 2.05) is 6.92 Å². The molecule has 7 nitrogen and oxygen atoms in total. The van der Waals surface area contributed by atoms with Crippen molar-refractivity contribution in [2.75, 3.05) is 0 Å². The molecule has 1 aromatic heterocycles. The minimum atomic E-state index is -3.93. The lowest BCUT2D eigenvalue weighted by atomic mass is 9.91. The van der Waals surface area contributed by atoms with E-state index in [9.17, 15) is 18.0 Å². The molecule has 0 fully saturated rings. The molecule has 0 amide bonds. The van der Waals surface area contributed by atoms with Gasteiger partial charge in [-0.3, -0.25) is 0 Å². The molecular formula is C24H24ClNO6S. The van der Waals surface area contributed by atoms with Crippen LogP contribution in [-0.4, -0.2) is 20.4 Å². The van der Waals surface area contributed by atoms with Gasteiger partial charge in [0.25, 0.3) is 0 Å². The van der Waals surface area contributed by atoms with Gasteiger partial charge in [-0.25, -0.2) is 18.0 Å². The van der Waals surface area contributed by atoms with Crippen molar-refractivity contribution in [3.63, 3.8) is 0 Å². The molecule has 1 heterocycles. The van der Waals surface area contributed by atoms with Gasteiger partial charge in [0, 0.05) is 17.0 Å². The highest BCUT2D eigenvalue weighted by molar-refractivity contribution is 7.89. The maximum absolute atomic E-state index is 12.8. The Labute approximate surface area is 196 Å². The first kappa shape index (κ1) is 23.5. The fourth-order valence-corrected chi connectivity index (χ4v) is 5.44. The number of fused-ring (bicyclic) bond motifs is 3. The van der Waals surface area contributed by atoms with Crippen molar-refractivity contribution in [1.82, 2.24) is 4.72 Å². The van der Waals surface area contributed by atoms with Crippen molar-refractivity contribution in [2.45, 2.75) is 56.9 Å². The van der Waals surface area contributed by atoms with Gasteiger partial charge in [0.2, 0.25) is 10.0 Å². The van der Waals surface area contributed by atoms with Crippen molar-refractivity contribution < 1.29 is 22.4 Å². The molecule has 0 bridgehead atoms. The Bertz CT molecular complexity index is 1380. The van der Waals surface area contributed by atoms with Crippen LogP contribution in [0.15, 0.2) is 50.5 Å². The van der Waals surface area contributed by atoms with E-state index in [-0.39, 0.29) is 27.7 Å². The average molecular weight is 490 g/mol. The van der Waals surface area contributed by atoms with E-state index in [2.05, 4.69) is 4.72 Å². The number of rotatable bonds is 6. The summed E-state index contributed by atoms with van der Waals surface area (Å²) in [4.78, 5) is 25.2. The maximum atomic E-state index is 12.8. The van der Waals surface area contributed by atoms with Gasteiger partial charge in [-0.1, -0.05) is 36.2 Å². The fourth-order valence-electron chi connectivity index (χ4n) is 3.97. The lowest BCUT2D eigenvalue weighted by Crippen LogP contribution is -2.42. The van der Waals surface area contributed by atoms with Crippen LogP contribution in [0.25, 0.3) is 11.0 Å². The quantitative estimate of drug-likeness (QED) is 0.314. The molecule has 174 valence electrons. The second kappa shape index (κ2) is 9.29. The summed E-state index contributed by atoms with van der Waals surface area (Å²) in [5.41, 5.74) is 2.39. The average Bonchev–Trinajstić information content (AvgIpc) is 2.79. The Hall–Kier alpha value is -2.68. The van der Waals surface area contributed by atoms with Crippen molar-refractivity contribution in [2.24, 2.45) is 0 Å². The van der Waals surface area contributed by atoms with E-state index < -0.39 is 27.7 Å². The smallest absolute Gasteiger partial charge is 0.339 e. The molecular weight excluding hydrogens is 466 g/mol. The van der Waals surface area contributed by atoms with Crippen LogP contribution in [0.3, 0.4) is 0 Å². The minimum Gasteiger partial charge on any atom is -0.424 e. The summed E-state index contributed by atoms with van der Waals surface area (Å²) in [5, 5.41) is 0.898. The maximum Gasteiger partial charge on any atom is 0.339 e. The number of sulfonamides is 1. The van der Waals surface area contributed by atoms with E-state index in [1.165, 1.54) is 18.2 Å². The van der Waals surface area contributed by atoms with Gasteiger partial charge in [0.05, 0.1) is 9.92 Å². The summed E-state index contributed by atoms with van der Waals surface area (Å²) < 4.78 is 38.7. The van der Waals surface area contributed by atoms with Crippen LogP contribution in [-0.2, 0) is 27.7 Å². The molecule has 33 heavy (non-hydrogen) atoms. The molecule has 4 rings (SSSR count). The van der Waals surface area contributed by atoms with Crippen LogP contribution in [0.4, 0.5) is 0 Å². The number of benzene rings is 2. The zero-order valence-corrected chi connectivity index (χ0v) is 19.9. The number of nitrogens with one attached hydrogen (secondary N) is 1. The van der Waals surface area contributed by atoms with Crippen molar-refractivity contribution in [3.05, 3.63) is 68.5 Å². The summed E-state index contributed by atoms with van der Waals surface area (Å²) in [7, 11) is -3.93. The molecule has 0 radical (unpaired) electrons. The molecule has 9 heteroatoms. The molecule has 0 saturated carbocycles. The predicted molar refractivity (Wildman–Crippen MR) is 125 cm³/mol. The zero-order valence-electron chi connectivity index (χ0n) is 18.3. The van der Waals surface area contributed by atoms with Crippen molar-refractivity contribution in [1.29, 1.82) is 0 Å². The SMILES string of the molecule is CCC(NS(=O)(=O)c1ccc(C)cc1)C(=O)Oc1cc2oc(=O)c3c(c2cc1Cl)CCCC3. The highest BCUT2D eigenvalue weighted by atomic mass is 35.5. The fraction of sp³-hybridized carbons (Fsp3) is 0.333. The number of carbonyl (C=O) groups is 1. The lowest BCUT2D eigenvalue weighted by Gasteiger charge is -2.18. The number of ether oxygens (including phenoxy) is 1. The molecule has 1 atom stereocenters. The Morgan fingerprint density at radius 2 is 1.82 bits per heavy atom. The number of carbonyl (C=O) groups excluding carboxylic acids is 1. The molecule has 1 aliphatic carbocycles. The number of aryl methyl sites for hydroxylation is 2. The van der Waals surface area contributed by atoms with E-state index in [4.69, 9.17) is 20.8 Å². The number of esters is 1. The van der Waals surface area contributed by atoms with Gasteiger partial charge in [-0.2, -0.15) is 4.72 Å². The molecule has 1 unspecified atom stereocenters. The Morgan fingerprint density at radius 3 is 2.48 bits per heavy atom. The highest BCUT2D eigenvalue weighted by Crippen LogP contribution is 2.34. The first-order valence-electron chi connectivity index (χ1n) is 10.8. The Morgan fingerprint density at radius 1 is 1.15 bits per heavy atom. The standard InChI is InChI=1S/C24H24ClNO6S/c1-3-20(26-33(29,30)15-10-8-14(2)9-11-15)24(28)32-22-13-21-18(12-19(22)25)16-6-4-5-7-17(16)23(27)31-21/h8-13,20,26H,3-7H2,1-2H3. The van der Waals surface area contributed by atoms with Crippen LogP contribution < -0.4 is 15.1 Å². The topological polar surface area (TPSA) is 103 Å². The van der Waals surface area contributed by atoms with Crippen LogP contribution >= 0.6 is 11.6 Å². The van der Waals surface area contributed by atoms with Gasteiger partial charge >= 0.3 is 11.6 Å². The van der Waals surface area contributed by atoms with Crippen LogP contribution in [0.5, 0.6) is 5.75 Å². The summed E-state index contributed by atoms with van der Waals surface area (Å²) in [6.45, 7) is 3.51. The zero-order chi connectivity index (χ0) is 23.8. The van der Waals surface area contributed by atoms with E-state index >= 15 is 0 Å². The first-order valence-corrected chi connectivity index (χ1v) is 12.6. The molecule has 0 spiro atoms. The molecule has 1 N–H and O–H groups in total. The van der Waals surface area contributed by atoms with Gasteiger partial charge in [-0.15, -0.1) is 0 Å². The second-order valence-electron chi connectivity index (χ2n) is 8.15. The monoisotopic (exact) mass is 489 g/mol. The molecule has 1 aliphatic rings. The van der Waals surface area contributed by atoms with E-state index in [0.717, 1.165) is 35.8 Å². The minimum absolute atomic E-state index is 0.000981. The summed E-state index contributed by atoms with van der Waals surface area (Å²) in [5.74, 6) is -0.809. The Balaban J connectivity index is 1.60. The third-order valence-electron chi connectivity index (χ3n) is 5.81. The molecule has 0 saturated heterocycles. The van der Waals surface area contributed by atoms with E-state index in [0.29, 0.717) is 12.0 Å². The highest BCUT2D eigenvalue weighted by Gasteiger charge is 2.27. The van der Waals surface area contributed by atoms with Crippen LogP contribution in [0.2, 0.25) is 5.02 Å². The molecule has 0 aliphatic heterocycles. The third-order valence-corrected chi connectivity index (χ3v) is 7.59. The third kappa shape index (κ3) is 4.83. The van der Waals surface area contributed by atoms with Crippen LogP contribution in [0, 0.1) is 6.92 Å². The van der Waals surface area contributed by atoms with Gasteiger partial charge < -0.3 is 9.15 Å². The Kier molecular flexibility index (Phi) is 6.61. The van der Waals surface area contributed by atoms with E-state index in [1.54, 1.807) is 25.1 Å². The van der Waals surface area contributed by atoms with Crippen molar-refractivity contribution >= 4 is 38.6 Å².